The Morgan fingerprint density at radius 2 is 1.90 bits per heavy atom. The van der Waals surface area contributed by atoms with Gasteiger partial charge in [-0.05, 0) is 73.1 Å². The van der Waals surface area contributed by atoms with E-state index in [9.17, 15) is 9.90 Å². The van der Waals surface area contributed by atoms with E-state index in [4.69, 9.17) is 13.9 Å². The molecular weight excluding hydrogens is 380 g/mol. The molecule has 0 saturated heterocycles. The van der Waals surface area contributed by atoms with Crippen LogP contribution in [0.2, 0.25) is 0 Å². The van der Waals surface area contributed by atoms with E-state index in [2.05, 4.69) is 6.07 Å². The maximum Gasteiger partial charge on any atom is 0.307 e. The smallest absolute Gasteiger partial charge is 0.307 e. The van der Waals surface area contributed by atoms with Gasteiger partial charge in [0.15, 0.2) is 0 Å². The lowest BCUT2D eigenvalue weighted by molar-refractivity contribution is -0.142. The maximum atomic E-state index is 11.5. The topological polar surface area (TPSA) is 68.9 Å². The number of carboxylic acid groups (broad SMARTS) is 1. The number of benzene rings is 2. The summed E-state index contributed by atoms with van der Waals surface area (Å²) < 4.78 is 17.2. The van der Waals surface area contributed by atoms with Gasteiger partial charge in [0, 0.05) is 17.9 Å². The van der Waals surface area contributed by atoms with Crippen LogP contribution in [0, 0.1) is 12.8 Å². The molecule has 3 aromatic rings. The first-order valence-electron chi connectivity index (χ1n) is 10.7. The molecule has 5 nitrogen and oxygen atoms in total. The number of ether oxygens (including phenoxy) is 2. The van der Waals surface area contributed by atoms with Gasteiger partial charge in [-0.15, -0.1) is 0 Å². The third-order valence-corrected chi connectivity index (χ3v) is 6.05. The van der Waals surface area contributed by atoms with E-state index in [-0.39, 0.29) is 11.8 Å². The molecule has 0 saturated carbocycles. The lowest BCUT2D eigenvalue weighted by Gasteiger charge is -2.19. The van der Waals surface area contributed by atoms with Gasteiger partial charge >= 0.3 is 5.97 Å². The average molecular weight is 408 g/mol. The van der Waals surface area contributed by atoms with Crippen molar-refractivity contribution in [1.29, 1.82) is 0 Å². The molecule has 0 spiro atoms. The number of aliphatic carboxylic acids is 1. The van der Waals surface area contributed by atoms with Crippen LogP contribution in [0.4, 0.5) is 0 Å². The zero-order valence-electron chi connectivity index (χ0n) is 17.5. The normalized spacial score (nSPS) is 16.4. The summed E-state index contributed by atoms with van der Waals surface area (Å²) in [7, 11) is 0. The Labute approximate surface area is 176 Å². The van der Waals surface area contributed by atoms with Crippen LogP contribution in [0.1, 0.15) is 48.8 Å². The Hall–Kier alpha value is -2.95. The number of fused-ring (bicyclic) bond motifs is 2. The van der Waals surface area contributed by atoms with Crippen LogP contribution >= 0.6 is 0 Å². The predicted molar refractivity (Wildman–Crippen MR) is 115 cm³/mol. The summed E-state index contributed by atoms with van der Waals surface area (Å²) in [6.45, 7) is 5.10. The molecule has 1 N–H and O–H groups in total. The first-order chi connectivity index (χ1) is 14.6. The largest absolute Gasteiger partial charge is 0.493 e. The summed E-state index contributed by atoms with van der Waals surface area (Å²) in [5, 5.41) is 10.6. The van der Waals surface area contributed by atoms with Crippen molar-refractivity contribution in [3.05, 3.63) is 59.4 Å². The van der Waals surface area contributed by atoms with E-state index >= 15 is 0 Å². The second-order valence-electron chi connectivity index (χ2n) is 7.99. The van der Waals surface area contributed by atoms with Crippen molar-refractivity contribution in [3.8, 4) is 11.5 Å². The summed E-state index contributed by atoms with van der Waals surface area (Å²) >= 11 is 0. The number of hydrogen-bond acceptors (Lipinski definition) is 4. The monoisotopic (exact) mass is 408 g/mol. The van der Waals surface area contributed by atoms with Crippen LogP contribution in [-0.2, 0) is 11.2 Å². The van der Waals surface area contributed by atoms with Crippen LogP contribution < -0.4 is 9.47 Å². The Morgan fingerprint density at radius 1 is 1.17 bits per heavy atom. The van der Waals surface area contributed by atoms with Gasteiger partial charge in [-0.2, -0.15) is 0 Å². The van der Waals surface area contributed by atoms with Gasteiger partial charge < -0.3 is 19.0 Å². The average Bonchev–Trinajstić information content (AvgIpc) is 3.31. The highest BCUT2D eigenvalue weighted by Crippen LogP contribution is 2.41. The van der Waals surface area contributed by atoms with E-state index in [1.165, 1.54) is 11.1 Å². The van der Waals surface area contributed by atoms with E-state index < -0.39 is 5.97 Å². The Bertz CT molecular complexity index is 1040. The van der Waals surface area contributed by atoms with E-state index in [1.807, 2.05) is 44.2 Å². The lowest BCUT2D eigenvalue weighted by atomic mass is 9.85. The fourth-order valence-corrected chi connectivity index (χ4v) is 4.44. The van der Waals surface area contributed by atoms with Crippen LogP contribution in [-0.4, -0.2) is 24.3 Å². The number of hydrogen-bond donors (Lipinski definition) is 1. The van der Waals surface area contributed by atoms with Gasteiger partial charge in [0.2, 0.25) is 0 Å². The van der Waals surface area contributed by atoms with Crippen molar-refractivity contribution in [2.24, 2.45) is 5.92 Å². The van der Waals surface area contributed by atoms with Crippen LogP contribution in [0.25, 0.3) is 11.0 Å². The summed E-state index contributed by atoms with van der Waals surface area (Å²) in [5.74, 6) is 0.742. The van der Waals surface area contributed by atoms with E-state index in [0.717, 1.165) is 47.3 Å². The van der Waals surface area contributed by atoms with Crippen molar-refractivity contribution >= 4 is 16.9 Å². The third-order valence-electron chi connectivity index (χ3n) is 6.05. The molecule has 0 radical (unpaired) electrons. The molecule has 5 heteroatoms. The second kappa shape index (κ2) is 8.82. The lowest BCUT2D eigenvalue weighted by Crippen LogP contribution is -2.19. The van der Waals surface area contributed by atoms with Crippen molar-refractivity contribution < 1.29 is 23.8 Å². The Morgan fingerprint density at radius 3 is 2.63 bits per heavy atom. The van der Waals surface area contributed by atoms with Gasteiger partial charge in [0.1, 0.15) is 17.1 Å². The molecule has 1 aromatic heterocycles. The summed E-state index contributed by atoms with van der Waals surface area (Å²) in [6.07, 6.45) is 5.00. The van der Waals surface area contributed by atoms with Gasteiger partial charge in [-0.3, -0.25) is 4.79 Å². The molecule has 0 aliphatic heterocycles. The van der Waals surface area contributed by atoms with Gasteiger partial charge in [-0.25, -0.2) is 0 Å². The highest BCUT2D eigenvalue weighted by Gasteiger charge is 2.33. The van der Waals surface area contributed by atoms with E-state index in [1.54, 1.807) is 6.26 Å². The molecule has 2 aromatic carbocycles. The standard InChI is InChI=1S/C25H28O5/c1-3-20(25(26)27)23-8-5-17-13-18(7-10-22(17)23)28-11-4-12-29-19-6-9-21-16(2)15-30-24(21)14-19/h6-7,9-10,13-15,20,23H,3-5,8,11-12H2,1-2H3,(H,26,27)/t20?,23-/m0/s1. The zero-order chi connectivity index (χ0) is 21.1. The van der Waals surface area contributed by atoms with Gasteiger partial charge in [-0.1, -0.05) is 13.0 Å². The van der Waals surface area contributed by atoms with Gasteiger partial charge in [0.25, 0.3) is 0 Å². The minimum absolute atomic E-state index is 0.111. The summed E-state index contributed by atoms with van der Waals surface area (Å²) in [4.78, 5) is 11.5. The van der Waals surface area contributed by atoms with Crippen LogP contribution in [0.15, 0.2) is 47.1 Å². The first kappa shape index (κ1) is 20.3. The van der Waals surface area contributed by atoms with Gasteiger partial charge in [0.05, 0.1) is 25.4 Å². The maximum absolute atomic E-state index is 11.5. The zero-order valence-corrected chi connectivity index (χ0v) is 17.5. The fraction of sp³-hybridized carbons (Fsp3) is 0.400. The summed E-state index contributed by atoms with van der Waals surface area (Å²) in [5.41, 5.74) is 4.35. The van der Waals surface area contributed by atoms with Crippen molar-refractivity contribution in [3.63, 3.8) is 0 Å². The number of furan rings is 1. The summed E-state index contributed by atoms with van der Waals surface area (Å²) in [6, 6.07) is 12.0. The fourth-order valence-electron chi connectivity index (χ4n) is 4.44. The third kappa shape index (κ3) is 4.16. The molecule has 4 rings (SSSR count). The molecule has 0 bridgehead atoms. The number of carboxylic acids is 1. The predicted octanol–water partition coefficient (Wildman–Crippen LogP) is 5.73. The molecular formula is C25H28O5. The highest BCUT2D eigenvalue weighted by molar-refractivity contribution is 5.82. The molecule has 2 atom stereocenters. The SMILES string of the molecule is CCC(C(=O)O)[C@@H]1CCc2cc(OCCCOc3ccc4c(C)coc4c3)ccc21. The van der Waals surface area contributed by atoms with Crippen molar-refractivity contribution in [2.75, 3.05) is 13.2 Å². The number of rotatable bonds is 9. The van der Waals surface area contributed by atoms with Crippen molar-refractivity contribution in [2.45, 2.75) is 45.4 Å². The molecule has 30 heavy (non-hydrogen) atoms. The molecule has 0 amide bonds. The first-order valence-corrected chi connectivity index (χ1v) is 10.7. The molecule has 1 aliphatic carbocycles. The van der Waals surface area contributed by atoms with Crippen LogP contribution in [0.5, 0.6) is 11.5 Å². The highest BCUT2D eigenvalue weighted by atomic mass is 16.5. The minimum atomic E-state index is -0.697. The van der Waals surface area contributed by atoms with Crippen LogP contribution in [0.3, 0.4) is 0 Å². The number of carbonyl (C=O) groups is 1. The molecule has 0 fully saturated rings. The van der Waals surface area contributed by atoms with E-state index in [0.29, 0.717) is 19.6 Å². The minimum Gasteiger partial charge on any atom is -0.493 e. The molecule has 1 unspecified atom stereocenters. The second-order valence-corrected chi connectivity index (χ2v) is 7.99. The van der Waals surface area contributed by atoms with Crippen molar-refractivity contribution in [1.82, 2.24) is 0 Å². The number of aryl methyl sites for hydroxylation is 2. The Balaban J connectivity index is 1.27. The molecule has 158 valence electrons. The Kier molecular flexibility index (Phi) is 5.98. The quantitative estimate of drug-likeness (QED) is 0.458. The molecule has 1 heterocycles. The molecule has 1 aliphatic rings.